The summed E-state index contributed by atoms with van der Waals surface area (Å²) in [6.07, 6.45) is 4.01. The number of hydrogen-bond acceptors (Lipinski definition) is 13. The van der Waals surface area contributed by atoms with Crippen LogP contribution in [0.3, 0.4) is 0 Å². The number of methoxy groups -OCH3 is 3. The first-order valence-electron chi connectivity index (χ1n) is 22.0. The number of fused-ring (bicyclic) bond motifs is 5. The third kappa shape index (κ3) is 9.53. The molecular formula is C44H74N2O11. The van der Waals surface area contributed by atoms with Gasteiger partial charge in [-0.05, 0) is 103 Å². The van der Waals surface area contributed by atoms with Gasteiger partial charge in [-0.1, -0.05) is 33.8 Å². The molecule has 0 spiro atoms. The Morgan fingerprint density at radius 1 is 0.895 bits per heavy atom. The number of aliphatic hydroxyl groups excluding tert-OH is 1. The highest BCUT2D eigenvalue weighted by atomic mass is 16.7. The molecule has 0 aromatic rings. The fourth-order valence-corrected chi connectivity index (χ4v) is 11.6. The maximum atomic E-state index is 14.9. The second-order valence-corrected chi connectivity index (χ2v) is 18.5. The number of carbonyl (C=O) groups is 2. The predicted octanol–water partition coefficient (Wildman–Crippen LogP) is 4.66. The van der Waals surface area contributed by atoms with E-state index < -0.39 is 36.6 Å². The number of aliphatic hydroxyl groups is 1. The van der Waals surface area contributed by atoms with Crippen molar-refractivity contribution in [2.45, 2.75) is 185 Å². The van der Waals surface area contributed by atoms with Crippen LogP contribution >= 0.6 is 0 Å². The summed E-state index contributed by atoms with van der Waals surface area (Å²) in [5.41, 5.74) is 0.632. The number of allylic oxidation sites excluding steroid dienone is 2. The van der Waals surface area contributed by atoms with E-state index in [1.54, 1.807) is 21.3 Å². The van der Waals surface area contributed by atoms with E-state index in [0.29, 0.717) is 43.7 Å². The number of nitrogens with one attached hydrogen (secondary N) is 1. The molecule has 3 heterocycles. The zero-order chi connectivity index (χ0) is 41.3. The van der Waals surface area contributed by atoms with E-state index in [9.17, 15) is 14.7 Å². The van der Waals surface area contributed by atoms with Crippen molar-refractivity contribution in [3.63, 3.8) is 0 Å². The number of hydrogen-bond donors (Lipinski definition) is 2. The molecule has 19 atom stereocenters. The van der Waals surface area contributed by atoms with Crippen molar-refractivity contribution in [2.75, 3.05) is 35.4 Å². The summed E-state index contributed by atoms with van der Waals surface area (Å²) in [6.45, 7) is 12.3. The molecule has 0 aromatic carbocycles. The molecule has 5 fully saturated rings. The Morgan fingerprint density at radius 3 is 2.23 bits per heavy atom. The highest BCUT2D eigenvalue weighted by molar-refractivity contribution is 5.99. The first-order chi connectivity index (χ1) is 27.2. The normalized spacial score (nSPS) is 45.8. The zero-order valence-corrected chi connectivity index (χ0v) is 36.5. The maximum Gasteiger partial charge on any atom is 0.306 e. The van der Waals surface area contributed by atoms with Crippen LogP contribution in [0, 0.1) is 35.5 Å². The number of esters is 1. The second-order valence-electron chi connectivity index (χ2n) is 18.5. The first kappa shape index (κ1) is 45.0. The summed E-state index contributed by atoms with van der Waals surface area (Å²) >= 11 is 0. The summed E-state index contributed by atoms with van der Waals surface area (Å²) in [5.74, 6) is -1.57. The van der Waals surface area contributed by atoms with Gasteiger partial charge in [0.05, 0.1) is 36.9 Å². The molecule has 57 heavy (non-hydrogen) atoms. The zero-order valence-electron chi connectivity index (χ0n) is 36.5. The van der Waals surface area contributed by atoms with Crippen LogP contribution in [0.15, 0.2) is 11.6 Å². The smallest absolute Gasteiger partial charge is 0.306 e. The first-order valence-corrected chi connectivity index (χ1v) is 22.0. The lowest BCUT2D eigenvalue weighted by Crippen LogP contribution is -2.59. The van der Waals surface area contributed by atoms with Gasteiger partial charge in [0.2, 0.25) is 0 Å². The SMILES string of the molecule is CC[C@H]1CCC[C@H](O[C@H]2CC[C@H](N(C)C)C(C)O2)[C@@H](C)C(=O)C2=C[C@H]3[C@@H]4C[C@H](O[C@@H]5OC(C)[C@H](OC)C(OC)C5OC)C[C@H]4[C@H](NC(C)C)[C@@H](O)[C@H]3[C@@H]2CC(=O)O1. The minimum absolute atomic E-state index is 0.00289. The Morgan fingerprint density at radius 2 is 1.60 bits per heavy atom. The molecule has 6 rings (SSSR count). The summed E-state index contributed by atoms with van der Waals surface area (Å²) < 4.78 is 50.0. The third-order valence-corrected chi connectivity index (χ3v) is 14.4. The van der Waals surface area contributed by atoms with Crippen LogP contribution in [-0.2, 0) is 47.5 Å². The summed E-state index contributed by atoms with van der Waals surface area (Å²) in [4.78, 5) is 30.9. The van der Waals surface area contributed by atoms with Crippen molar-refractivity contribution in [1.82, 2.24) is 10.2 Å². The quantitative estimate of drug-likeness (QED) is 0.280. The van der Waals surface area contributed by atoms with E-state index in [1.165, 1.54) is 0 Å². The highest BCUT2D eigenvalue weighted by Crippen LogP contribution is 2.57. The van der Waals surface area contributed by atoms with Gasteiger partial charge >= 0.3 is 5.97 Å². The van der Waals surface area contributed by atoms with Crippen LogP contribution in [0.25, 0.3) is 0 Å². The molecule has 13 heteroatoms. The van der Waals surface area contributed by atoms with Crippen molar-refractivity contribution in [3.05, 3.63) is 11.6 Å². The molecule has 2 saturated carbocycles. The molecule has 0 bridgehead atoms. The van der Waals surface area contributed by atoms with Gasteiger partial charge in [0, 0.05) is 57.2 Å². The molecule has 3 saturated heterocycles. The van der Waals surface area contributed by atoms with Gasteiger partial charge in [-0.15, -0.1) is 0 Å². The second kappa shape index (κ2) is 19.5. The van der Waals surface area contributed by atoms with Crippen molar-refractivity contribution < 1.29 is 52.6 Å². The highest BCUT2D eigenvalue weighted by Gasteiger charge is 2.60. The van der Waals surface area contributed by atoms with Crippen LogP contribution in [0.1, 0.15) is 99.3 Å². The summed E-state index contributed by atoms with van der Waals surface area (Å²) in [7, 11) is 9.08. The van der Waals surface area contributed by atoms with E-state index in [-0.39, 0.29) is 96.7 Å². The van der Waals surface area contributed by atoms with E-state index in [1.807, 2.05) is 20.8 Å². The third-order valence-electron chi connectivity index (χ3n) is 14.4. The van der Waals surface area contributed by atoms with Crippen LogP contribution in [0.5, 0.6) is 0 Å². The Hall–Kier alpha value is -1.52. The number of Topliss-reactive ketones (excluding diaryl/α,β-unsaturated/α-hetero) is 1. The Kier molecular flexibility index (Phi) is 15.4. The lowest BCUT2D eigenvalue weighted by molar-refractivity contribution is -0.314. The molecular weight excluding hydrogens is 732 g/mol. The average Bonchev–Trinajstić information content (AvgIpc) is 3.75. The molecule has 13 nitrogen and oxygen atoms in total. The van der Waals surface area contributed by atoms with Crippen LogP contribution < -0.4 is 5.32 Å². The van der Waals surface area contributed by atoms with Crippen molar-refractivity contribution in [2.24, 2.45) is 35.5 Å². The Balaban J connectivity index is 1.29. The van der Waals surface area contributed by atoms with Crippen LogP contribution in [-0.4, -0.2) is 143 Å². The minimum atomic E-state index is -0.797. The van der Waals surface area contributed by atoms with E-state index in [0.717, 1.165) is 19.3 Å². The van der Waals surface area contributed by atoms with Crippen molar-refractivity contribution in [3.8, 4) is 0 Å². The van der Waals surface area contributed by atoms with E-state index in [4.69, 9.17) is 37.9 Å². The summed E-state index contributed by atoms with van der Waals surface area (Å²) in [5, 5.41) is 16.2. The molecule has 0 radical (unpaired) electrons. The van der Waals surface area contributed by atoms with Gasteiger partial charge in [0.25, 0.3) is 0 Å². The summed E-state index contributed by atoms with van der Waals surface area (Å²) in [6, 6.07) is 0.157. The van der Waals surface area contributed by atoms with Gasteiger partial charge < -0.3 is 53.2 Å². The average molecular weight is 807 g/mol. The number of likely N-dealkylation sites (N-methyl/N-ethyl adjacent to an activating group) is 1. The monoisotopic (exact) mass is 807 g/mol. The largest absolute Gasteiger partial charge is 0.462 e. The predicted molar refractivity (Wildman–Crippen MR) is 213 cm³/mol. The number of nitrogens with zero attached hydrogens (tertiary/aromatic N) is 1. The molecule has 326 valence electrons. The standard InChI is InChI=1S/C44H74N2O11/c1-12-26-14-13-15-34(57-36-17-16-33(46(7)8)24(5)53-36)23(4)39(48)32-20-29-28-18-27(56-44-43(52-11)42(51-10)41(50-9)25(6)54-44)19-31(28)38(45-22(2)3)40(49)37(29)30(32)21-35(47)55-26/h20,22-31,33-34,36-38,40-45,49H,12-19,21H2,1-11H3/t23-,24?,25?,26+,27+,28+,29+,30-,31-,33+,34+,36+,37-,38+,40+,41+,42?,43?,44+/m1/s1. The molecule has 0 amide bonds. The fraction of sp³-hybridized carbons (Fsp3) is 0.909. The number of ether oxygens (including phenoxy) is 8. The van der Waals surface area contributed by atoms with E-state index in [2.05, 4.69) is 51.2 Å². The molecule has 0 aromatic heterocycles. The van der Waals surface area contributed by atoms with Gasteiger partial charge in [0.15, 0.2) is 18.4 Å². The molecule has 3 aliphatic carbocycles. The molecule has 3 aliphatic heterocycles. The maximum absolute atomic E-state index is 14.9. The fourth-order valence-electron chi connectivity index (χ4n) is 11.6. The van der Waals surface area contributed by atoms with Crippen LogP contribution in [0.4, 0.5) is 0 Å². The molecule has 6 aliphatic rings. The van der Waals surface area contributed by atoms with Crippen molar-refractivity contribution >= 4 is 11.8 Å². The molecule has 2 N–H and O–H groups in total. The van der Waals surface area contributed by atoms with Crippen LogP contribution in [0.2, 0.25) is 0 Å². The topological polar surface area (TPSA) is 143 Å². The van der Waals surface area contributed by atoms with Gasteiger partial charge in [-0.25, -0.2) is 0 Å². The Labute approximate surface area is 341 Å². The van der Waals surface area contributed by atoms with Gasteiger partial charge in [0.1, 0.15) is 24.4 Å². The minimum Gasteiger partial charge on any atom is -0.462 e. The number of cyclic esters (lactones) is 1. The molecule has 4 unspecified atom stereocenters. The van der Waals surface area contributed by atoms with Gasteiger partial charge in [-0.2, -0.15) is 0 Å². The van der Waals surface area contributed by atoms with Gasteiger partial charge in [-0.3, -0.25) is 9.59 Å². The van der Waals surface area contributed by atoms with E-state index >= 15 is 0 Å². The number of ketones is 1. The number of rotatable bonds is 11. The lowest BCUT2D eigenvalue weighted by Gasteiger charge is -2.48. The Bertz CT molecular complexity index is 1380. The number of carbonyl (C=O) groups excluding carboxylic acids is 2. The lowest BCUT2D eigenvalue weighted by atomic mass is 9.62. The van der Waals surface area contributed by atoms with Crippen molar-refractivity contribution in [1.29, 1.82) is 0 Å².